The van der Waals surface area contributed by atoms with E-state index in [1.165, 1.54) is 19.3 Å². The van der Waals surface area contributed by atoms with Gasteiger partial charge in [-0.3, -0.25) is 9.59 Å². The van der Waals surface area contributed by atoms with E-state index >= 15 is 0 Å². The number of likely N-dealkylation sites (tertiary alicyclic amines) is 1. The predicted molar refractivity (Wildman–Crippen MR) is 145 cm³/mol. The minimum atomic E-state index is 0.0302. The number of aromatic nitrogens is 3. The third-order valence-corrected chi connectivity index (χ3v) is 8.28. The summed E-state index contributed by atoms with van der Waals surface area (Å²) in [5.74, 6) is 1.62. The molecule has 2 aliphatic heterocycles. The summed E-state index contributed by atoms with van der Waals surface area (Å²) < 4.78 is 1.91. The fourth-order valence-corrected chi connectivity index (χ4v) is 5.83. The van der Waals surface area contributed by atoms with Crippen LogP contribution in [0.4, 0.5) is 5.82 Å². The van der Waals surface area contributed by atoms with Crippen molar-refractivity contribution >= 4 is 23.2 Å². The summed E-state index contributed by atoms with van der Waals surface area (Å²) in [6.45, 7) is 4.88. The zero-order valence-electron chi connectivity index (χ0n) is 21.9. The largest absolute Gasteiger partial charge is 0.356 e. The lowest BCUT2D eigenvalue weighted by Crippen LogP contribution is -2.39. The van der Waals surface area contributed by atoms with Crippen molar-refractivity contribution in [2.24, 2.45) is 5.92 Å². The SMILES string of the molecule is CC1CCCCCN1C(=O)c1cc(N2CCCCC2)n2nc(-c3ccc(CC(=O)C4CC4)cc3)cc2n1. The molecule has 37 heavy (non-hydrogen) atoms. The molecular weight excluding hydrogens is 462 g/mol. The average Bonchev–Trinajstić information content (AvgIpc) is 3.72. The van der Waals surface area contributed by atoms with Gasteiger partial charge in [0.25, 0.3) is 5.91 Å². The van der Waals surface area contributed by atoms with E-state index in [1.807, 2.05) is 45.8 Å². The minimum Gasteiger partial charge on any atom is -0.356 e. The maximum atomic E-state index is 13.7. The van der Waals surface area contributed by atoms with E-state index in [0.29, 0.717) is 23.5 Å². The second kappa shape index (κ2) is 10.3. The van der Waals surface area contributed by atoms with Crippen LogP contribution in [0.5, 0.6) is 0 Å². The summed E-state index contributed by atoms with van der Waals surface area (Å²) in [4.78, 5) is 35.1. The lowest BCUT2D eigenvalue weighted by atomic mass is 10.0. The molecule has 1 saturated carbocycles. The number of ketones is 1. The van der Waals surface area contributed by atoms with Gasteiger partial charge in [0.05, 0.1) is 5.69 Å². The fourth-order valence-electron chi connectivity index (χ4n) is 5.83. The van der Waals surface area contributed by atoms with Crippen LogP contribution in [0.2, 0.25) is 0 Å². The van der Waals surface area contributed by atoms with E-state index in [9.17, 15) is 9.59 Å². The summed E-state index contributed by atoms with van der Waals surface area (Å²) in [7, 11) is 0. The second-order valence-electron chi connectivity index (χ2n) is 11.2. The molecule has 0 bridgehead atoms. The van der Waals surface area contributed by atoms with E-state index in [4.69, 9.17) is 10.1 Å². The van der Waals surface area contributed by atoms with Crippen LogP contribution in [-0.4, -0.2) is 56.9 Å². The highest BCUT2D eigenvalue weighted by Gasteiger charge is 2.29. The summed E-state index contributed by atoms with van der Waals surface area (Å²) in [6.07, 6.45) is 10.6. The standard InChI is InChI=1S/C30H37N5O2/c1-21-8-4-2-7-17-34(21)30(37)26-20-29(33-15-5-3-6-16-33)35-28(31-26)19-25(32-35)23-11-9-22(10-12-23)18-27(36)24-13-14-24/h9-12,19-21,24H,2-8,13-18H2,1H3. The highest BCUT2D eigenvalue weighted by molar-refractivity contribution is 5.94. The summed E-state index contributed by atoms with van der Waals surface area (Å²) >= 11 is 0. The first-order chi connectivity index (χ1) is 18.1. The Kier molecular flexibility index (Phi) is 6.70. The van der Waals surface area contributed by atoms with Gasteiger partial charge in [0.1, 0.15) is 17.3 Å². The van der Waals surface area contributed by atoms with E-state index in [0.717, 1.165) is 80.8 Å². The number of amides is 1. The Bertz CT molecular complexity index is 1290. The highest BCUT2D eigenvalue weighted by Crippen LogP contribution is 2.31. The lowest BCUT2D eigenvalue weighted by molar-refractivity contribution is -0.119. The number of piperidine rings is 1. The number of carbonyl (C=O) groups is 2. The number of nitrogens with zero attached hydrogens (tertiary/aromatic N) is 5. The van der Waals surface area contributed by atoms with Crippen LogP contribution < -0.4 is 4.90 Å². The number of rotatable bonds is 6. The molecule has 3 aliphatic rings. The van der Waals surface area contributed by atoms with Gasteiger partial charge >= 0.3 is 0 Å². The van der Waals surface area contributed by atoms with Gasteiger partial charge in [-0.1, -0.05) is 37.1 Å². The maximum Gasteiger partial charge on any atom is 0.272 e. The van der Waals surface area contributed by atoms with Crippen molar-refractivity contribution in [3.8, 4) is 11.3 Å². The topological polar surface area (TPSA) is 70.8 Å². The molecule has 1 amide bonds. The summed E-state index contributed by atoms with van der Waals surface area (Å²) in [6, 6.07) is 12.3. The van der Waals surface area contributed by atoms with Crippen molar-refractivity contribution in [3.05, 3.63) is 47.7 Å². The Morgan fingerprint density at radius 1 is 0.892 bits per heavy atom. The Balaban J connectivity index is 1.34. The molecule has 0 radical (unpaired) electrons. The summed E-state index contributed by atoms with van der Waals surface area (Å²) in [5, 5.41) is 4.95. The van der Waals surface area contributed by atoms with Crippen LogP contribution in [0.15, 0.2) is 36.4 Å². The molecule has 3 aromatic rings. The van der Waals surface area contributed by atoms with Gasteiger partial charge in [0.2, 0.25) is 0 Å². The number of anilines is 1. The van der Waals surface area contributed by atoms with E-state index in [1.54, 1.807) is 0 Å². The van der Waals surface area contributed by atoms with Gasteiger partial charge in [0, 0.05) is 55.7 Å². The summed E-state index contributed by atoms with van der Waals surface area (Å²) in [5.41, 5.74) is 4.10. The molecule has 2 aromatic heterocycles. The molecule has 1 atom stereocenters. The van der Waals surface area contributed by atoms with Crippen LogP contribution in [0.1, 0.15) is 80.8 Å². The predicted octanol–water partition coefficient (Wildman–Crippen LogP) is 5.31. The molecule has 2 saturated heterocycles. The first-order valence-electron chi connectivity index (χ1n) is 14.2. The van der Waals surface area contributed by atoms with Crippen LogP contribution in [-0.2, 0) is 11.2 Å². The van der Waals surface area contributed by atoms with Crippen LogP contribution in [0, 0.1) is 5.92 Å². The van der Waals surface area contributed by atoms with Crippen molar-refractivity contribution in [3.63, 3.8) is 0 Å². The van der Waals surface area contributed by atoms with Gasteiger partial charge in [-0.2, -0.15) is 9.61 Å². The van der Waals surface area contributed by atoms with Gasteiger partial charge in [-0.25, -0.2) is 4.98 Å². The zero-order chi connectivity index (χ0) is 25.4. The van der Waals surface area contributed by atoms with Crippen molar-refractivity contribution in [1.82, 2.24) is 19.5 Å². The minimum absolute atomic E-state index is 0.0302. The molecule has 1 unspecified atom stereocenters. The number of fused-ring (bicyclic) bond motifs is 1. The number of hydrogen-bond acceptors (Lipinski definition) is 5. The number of carbonyl (C=O) groups excluding carboxylic acids is 2. The smallest absolute Gasteiger partial charge is 0.272 e. The molecule has 0 spiro atoms. The normalized spacial score (nSPS) is 20.7. The first-order valence-corrected chi connectivity index (χ1v) is 14.2. The molecule has 7 heteroatoms. The number of benzene rings is 1. The van der Waals surface area contributed by atoms with Crippen molar-refractivity contribution in [2.75, 3.05) is 24.5 Å². The molecule has 4 heterocycles. The molecule has 3 fully saturated rings. The van der Waals surface area contributed by atoms with Gasteiger partial charge in [-0.05, 0) is 57.4 Å². The second-order valence-corrected chi connectivity index (χ2v) is 11.2. The Labute approximate surface area is 218 Å². The number of hydrogen-bond donors (Lipinski definition) is 0. The first kappa shape index (κ1) is 24.1. The van der Waals surface area contributed by atoms with E-state index in [-0.39, 0.29) is 17.9 Å². The van der Waals surface area contributed by atoms with Crippen molar-refractivity contribution in [1.29, 1.82) is 0 Å². The number of Topliss-reactive ketones (excluding diaryl/α,β-unsaturated/α-hetero) is 1. The van der Waals surface area contributed by atoms with E-state index < -0.39 is 0 Å². The molecule has 0 N–H and O–H groups in total. The molecule has 7 nitrogen and oxygen atoms in total. The van der Waals surface area contributed by atoms with Crippen LogP contribution in [0.3, 0.4) is 0 Å². The van der Waals surface area contributed by atoms with Gasteiger partial charge in [-0.15, -0.1) is 0 Å². The molecule has 1 aliphatic carbocycles. The quantitative estimate of drug-likeness (QED) is 0.460. The Morgan fingerprint density at radius 3 is 2.38 bits per heavy atom. The fraction of sp³-hybridized carbons (Fsp3) is 0.533. The Morgan fingerprint density at radius 2 is 1.62 bits per heavy atom. The highest BCUT2D eigenvalue weighted by atomic mass is 16.2. The lowest BCUT2D eigenvalue weighted by Gasteiger charge is -2.30. The average molecular weight is 500 g/mol. The van der Waals surface area contributed by atoms with Crippen molar-refractivity contribution in [2.45, 2.75) is 77.2 Å². The maximum absolute atomic E-state index is 13.7. The van der Waals surface area contributed by atoms with Gasteiger partial charge < -0.3 is 9.80 Å². The molecule has 194 valence electrons. The van der Waals surface area contributed by atoms with Crippen LogP contribution in [0.25, 0.3) is 16.9 Å². The van der Waals surface area contributed by atoms with Crippen molar-refractivity contribution < 1.29 is 9.59 Å². The van der Waals surface area contributed by atoms with E-state index in [2.05, 4.69) is 11.8 Å². The Hall–Kier alpha value is -3.22. The molecular formula is C30H37N5O2. The monoisotopic (exact) mass is 499 g/mol. The zero-order valence-corrected chi connectivity index (χ0v) is 21.9. The van der Waals surface area contributed by atoms with Crippen LogP contribution >= 0.6 is 0 Å². The molecule has 1 aromatic carbocycles. The third kappa shape index (κ3) is 5.13. The third-order valence-electron chi connectivity index (χ3n) is 8.28. The van der Waals surface area contributed by atoms with Gasteiger partial charge in [0.15, 0.2) is 5.65 Å². The molecule has 6 rings (SSSR count).